The molecule has 0 atom stereocenters. The Bertz CT molecular complexity index is 906. The summed E-state index contributed by atoms with van der Waals surface area (Å²) in [5.41, 5.74) is 2.72. The van der Waals surface area contributed by atoms with E-state index in [-0.39, 0.29) is 24.6 Å². The van der Waals surface area contributed by atoms with Crippen molar-refractivity contribution in [2.75, 3.05) is 39.6 Å². The fraction of sp³-hybridized carbons (Fsp3) is 0.238. The van der Waals surface area contributed by atoms with E-state index in [1.165, 1.54) is 14.2 Å². The number of carbonyl (C=O) groups is 2. The fourth-order valence-electron chi connectivity index (χ4n) is 3.05. The van der Waals surface area contributed by atoms with Crippen molar-refractivity contribution in [2.45, 2.75) is 0 Å². The molecule has 7 nitrogen and oxygen atoms in total. The Morgan fingerprint density at radius 2 is 1.68 bits per heavy atom. The first-order valence-electron chi connectivity index (χ1n) is 8.59. The van der Waals surface area contributed by atoms with Gasteiger partial charge in [-0.15, -0.1) is 0 Å². The lowest BCUT2D eigenvalue weighted by atomic mass is 10.0. The molecule has 0 saturated carbocycles. The van der Waals surface area contributed by atoms with E-state index in [9.17, 15) is 9.59 Å². The minimum absolute atomic E-state index is 0.0349. The maximum absolute atomic E-state index is 12.4. The third-order valence-electron chi connectivity index (χ3n) is 4.41. The van der Waals surface area contributed by atoms with Gasteiger partial charge in [0.2, 0.25) is 0 Å². The van der Waals surface area contributed by atoms with Gasteiger partial charge in [-0.1, -0.05) is 30.3 Å². The lowest BCUT2D eigenvalue weighted by molar-refractivity contribution is -0.140. The van der Waals surface area contributed by atoms with Gasteiger partial charge in [-0.05, 0) is 17.7 Å². The molecule has 0 N–H and O–H groups in total. The average molecular weight is 383 g/mol. The molecule has 1 aliphatic heterocycles. The Kier molecular flexibility index (Phi) is 5.96. The third kappa shape index (κ3) is 3.70. The number of carbonyl (C=O) groups excluding carboxylic acids is 2. The van der Waals surface area contributed by atoms with E-state index in [1.807, 2.05) is 42.5 Å². The van der Waals surface area contributed by atoms with Crippen molar-refractivity contribution in [3.63, 3.8) is 0 Å². The molecular weight excluding hydrogens is 362 g/mol. The summed E-state index contributed by atoms with van der Waals surface area (Å²) in [5, 5.41) is 0. The summed E-state index contributed by atoms with van der Waals surface area (Å²) in [7, 11) is 4.09. The van der Waals surface area contributed by atoms with Crippen LogP contribution in [-0.2, 0) is 23.8 Å². The van der Waals surface area contributed by atoms with Crippen molar-refractivity contribution in [1.82, 2.24) is 0 Å². The Morgan fingerprint density at radius 3 is 2.32 bits per heavy atom. The van der Waals surface area contributed by atoms with E-state index in [4.69, 9.17) is 18.9 Å². The maximum atomic E-state index is 12.4. The van der Waals surface area contributed by atoms with Crippen LogP contribution in [0.25, 0.3) is 11.1 Å². The topological polar surface area (TPSA) is 74.3 Å². The molecule has 0 radical (unpaired) electrons. The number of esters is 2. The molecule has 1 aliphatic rings. The van der Waals surface area contributed by atoms with E-state index in [0.717, 1.165) is 11.1 Å². The second-order valence-electron chi connectivity index (χ2n) is 5.97. The van der Waals surface area contributed by atoms with Crippen LogP contribution in [0.15, 0.2) is 59.8 Å². The average Bonchev–Trinajstić information content (AvgIpc) is 2.77. The van der Waals surface area contributed by atoms with Crippen molar-refractivity contribution in [3.05, 3.63) is 59.8 Å². The summed E-state index contributed by atoms with van der Waals surface area (Å²) < 4.78 is 20.7. The molecule has 1 heterocycles. The van der Waals surface area contributed by atoms with E-state index in [2.05, 4.69) is 0 Å². The van der Waals surface area contributed by atoms with Crippen LogP contribution in [0.1, 0.15) is 0 Å². The molecule has 0 unspecified atom stereocenters. The van der Waals surface area contributed by atoms with Crippen LogP contribution < -0.4 is 9.64 Å². The smallest absolute Gasteiger partial charge is 0.355 e. The van der Waals surface area contributed by atoms with Gasteiger partial charge in [-0.3, -0.25) is 0 Å². The van der Waals surface area contributed by atoms with Crippen molar-refractivity contribution < 1.29 is 28.5 Å². The second kappa shape index (κ2) is 8.58. The molecule has 28 heavy (non-hydrogen) atoms. The third-order valence-corrected chi connectivity index (χ3v) is 4.41. The van der Waals surface area contributed by atoms with Crippen LogP contribution in [0, 0.1) is 0 Å². The summed E-state index contributed by atoms with van der Waals surface area (Å²) in [5.74, 6) is -0.661. The van der Waals surface area contributed by atoms with Crippen LogP contribution >= 0.6 is 0 Å². The normalized spacial score (nSPS) is 13.9. The van der Waals surface area contributed by atoms with Gasteiger partial charge < -0.3 is 23.8 Å². The standard InChI is InChI=1S/C21H21NO6/c1-25-18-11-15(9-10-16(18)14-7-5-4-6-8-14)22-13-28-12-17(20(23)26-2)19(22)21(24)27-3/h4-11H,12-13H2,1-3H3. The fourth-order valence-corrected chi connectivity index (χ4v) is 3.05. The molecule has 0 bridgehead atoms. The van der Waals surface area contributed by atoms with Crippen LogP contribution in [0.3, 0.4) is 0 Å². The zero-order valence-electron chi connectivity index (χ0n) is 15.9. The van der Waals surface area contributed by atoms with E-state index in [1.54, 1.807) is 18.1 Å². The maximum Gasteiger partial charge on any atom is 0.355 e. The molecule has 0 spiro atoms. The Labute approximate surface area is 163 Å². The highest BCUT2D eigenvalue weighted by molar-refractivity contribution is 6.03. The van der Waals surface area contributed by atoms with Gasteiger partial charge in [0.15, 0.2) is 0 Å². The SMILES string of the molecule is COC(=O)C1=C(C(=O)OC)N(c2ccc(-c3ccccc3)c(OC)c2)COC1. The first-order chi connectivity index (χ1) is 13.6. The molecule has 7 heteroatoms. The first-order valence-corrected chi connectivity index (χ1v) is 8.59. The lowest BCUT2D eigenvalue weighted by Crippen LogP contribution is -2.38. The summed E-state index contributed by atoms with van der Waals surface area (Å²) in [6.45, 7) is 0.0472. The molecule has 0 fully saturated rings. The molecule has 146 valence electrons. The van der Waals surface area contributed by atoms with Gasteiger partial charge in [-0.2, -0.15) is 0 Å². The minimum atomic E-state index is -0.644. The van der Waals surface area contributed by atoms with Crippen LogP contribution in [0.4, 0.5) is 5.69 Å². The summed E-state index contributed by atoms with van der Waals surface area (Å²) in [4.78, 5) is 26.1. The largest absolute Gasteiger partial charge is 0.496 e. The lowest BCUT2D eigenvalue weighted by Gasteiger charge is -2.31. The van der Waals surface area contributed by atoms with Gasteiger partial charge in [-0.25, -0.2) is 9.59 Å². The number of rotatable bonds is 5. The molecule has 2 aromatic rings. The van der Waals surface area contributed by atoms with Crippen molar-refractivity contribution >= 4 is 17.6 Å². The van der Waals surface area contributed by atoms with Crippen molar-refractivity contribution in [1.29, 1.82) is 0 Å². The number of nitrogens with zero attached hydrogens (tertiary/aromatic N) is 1. The molecule has 0 aromatic heterocycles. The van der Waals surface area contributed by atoms with Gasteiger partial charge in [0.25, 0.3) is 0 Å². The number of anilines is 1. The highest BCUT2D eigenvalue weighted by atomic mass is 16.5. The number of hydrogen-bond donors (Lipinski definition) is 0. The monoisotopic (exact) mass is 383 g/mol. The molecule has 0 aliphatic carbocycles. The highest BCUT2D eigenvalue weighted by Gasteiger charge is 2.32. The highest BCUT2D eigenvalue weighted by Crippen LogP contribution is 2.36. The zero-order valence-corrected chi connectivity index (χ0v) is 15.9. The minimum Gasteiger partial charge on any atom is -0.496 e. The number of ether oxygens (including phenoxy) is 4. The van der Waals surface area contributed by atoms with Gasteiger partial charge in [0.05, 0.1) is 33.5 Å². The molecule has 2 aromatic carbocycles. The summed E-state index contributed by atoms with van der Waals surface area (Å²) in [6.07, 6.45) is 0. The molecule has 0 amide bonds. The predicted molar refractivity (Wildman–Crippen MR) is 103 cm³/mol. The second-order valence-corrected chi connectivity index (χ2v) is 5.97. The summed E-state index contributed by atoms with van der Waals surface area (Å²) >= 11 is 0. The van der Waals surface area contributed by atoms with Gasteiger partial charge >= 0.3 is 11.9 Å². The Balaban J connectivity index is 2.08. The predicted octanol–water partition coefficient (Wildman–Crippen LogP) is 2.76. The van der Waals surface area contributed by atoms with Gasteiger partial charge in [0.1, 0.15) is 18.2 Å². The quantitative estimate of drug-likeness (QED) is 0.735. The summed E-state index contributed by atoms with van der Waals surface area (Å²) in [6, 6.07) is 15.3. The van der Waals surface area contributed by atoms with E-state index in [0.29, 0.717) is 11.4 Å². The number of benzene rings is 2. The van der Waals surface area contributed by atoms with Crippen molar-refractivity contribution in [2.24, 2.45) is 0 Å². The van der Waals surface area contributed by atoms with Crippen LogP contribution in [-0.4, -0.2) is 46.6 Å². The van der Waals surface area contributed by atoms with E-state index >= 15 is 0 Å². The molecular formula is C21H21NO6. The van der Waals surface area contributed by atoms with Crippen molar-refractivity contribution in [3.8, 4) is 16.9 Å². The van der Waals surface area contributed by atoms with E-state index < -0.39 is 11.9 Å². The first kappa shape index (κ1) is 19.4. The molecule has 0 saturated heterocycles. The Morgan fingerprint density at radius 1 is 0.964 bits per heavy atom. The number of hydrogen-bond acceptors (Lipinski definition) is 7. The van der Waals surface area contributed by atoms with Crippen LogP contribution in [0.2, 0.25) is 0 Å². The van der Waals surface area contributed by atoms with Gasteiger partial charge in [0, 0.05) is 17.3 Å². The van der Waals surface area contributed by atoms with Crippen LogP contribution in [0.5, 0.6) is 5.75 Å². The number of methoxy groups -OCH3 is 3. The molecule has 3 rings (SSSR count). The Hall–Kier alpha value is -3.32. The zero-order chi connectivity index (χ0) is 20.1.